The van der Waals surface area contributed by atoms with Gasteiger partial charge in [-0.05, 0) is 48.7 Å². The van der Waals surface area contributed by atoms with Crippen molar-refractivity contribution in [3.05, 3.63) is 65.9 Å². The van der Waals surface area contributed by atoms with Crippen LogP contribution in [0.5, 0.6) is 0 Å². The molecule has 0 spiro atoms. The van der Waals surface area contributed by atoms with Crippen LogP contribution in [0.15, 0.2) is 54.7 Å². The predicted octanol–water partition coefficient (Wildman–Crippen LogP) is 3.37. The summed E-state index contributed by atoms with van der Waals surface area (Å²) in [6.07, 6.45) is 3.60. The van der Waals surface area contributed by atoms with E-state index in [1.165, 1.54) is 4.90 Å². The van der Waals surface area contributed by atoms with E-state index < -0.39 is 11.9 Å². The van der Waals surface area contributed by atoms with Crippen LogP contribution in [-0.2, 0) is 20.7 Å². The summed E-state index contributed by atoms with van der Waals surface area (Å²) in [6.45, 7) is -0.343. The van der Waals surface area contributed by atoms with Gasteiger partial charge in [0.05, 0.1) is 0 Å². The summed E-state index contributed by atoms with van der Waals surface area (Å²) in [5, 5.41) is 3.80. The standard InChI is InChI=1S/C23H25N3O4/c1-26(2)23(29)16-10-12-18(13-11-16)25-21(27)15-30-22(28)9-5-6-17-14-24-20-8-4-3-7-19(17)20/h3-4,7-8,10-14,24H,5-6,9,15H2,1-2H3,(H,25,27). The van der Waals surface area contributed by atoms with Crippen LogP contribution in [0.1, 0.15) is 28.8 Å². The van der Waals surface area contributed by atoms with Crippen LogP contribution in [0.3, 0.4) is 0 Å². The molecule has 156 valence electrons. The molecule has 0 aliphatic heterocycles. The monoisotopic (exact) mass is 407 g/mol. The fraction of sp³-hybridized carbons (Fsp3) is 0.261. The number of aryl methyl sites for hydroxylation is 1. The number of aromatic nitrogens is 1. The van der Waals surface area contributed by atoms with Gasteiger partial charge >= 0.3 is 5.97 Å². The van der Waals surface area contributed by atoms with Crippen molar-refractivity contribution in [1.82, 2.24) is 9.88 Å². The van der Waals surface area contributed by atoms with Crippen molar-refractivity contribution in [3.8, 4) is 0 Å². The number of H-pyrrole nitrogens is 1. The van der Waals surface area contributed by atoms with Crippen LogP contribution in [0.25, 0.3) is 10.9 Å². The number of esters is 1. The maximum absolute atomic E-state index is 12.0. The largest absolute Gasteiger partial charge is 0.456 e. The van der Waals surface area contributed by atoms with Crippen molar-refractivity contribution < 1.29 is 19.1 Å². The number of ether oxygens (including phenoxy) is 1. The summed E-state index contributed by atoms with van der Waals surface area (Å²) in [5.41, 5.74) is 3.29. The third-order valence-corrected chi connectivity index (χ3v) is 4.69. The zero-order valence-corrected chi connectivity index (χ0v) is 17.1. The molecule has 2 N–H and O–H groups in total. The van der Waals surface area contributed by atoms with E-state index in [1.807, 2.05) is 30.5 Å². The van der Waals surface area contributed by atoms with E-state index in [1.54, 1.807) is 38.4 Å². The van der Waals surface area contributed by atoms with Crippen molar-refractivity contribution in [3.63, 3.8) is 0 Å². The number of anilines is 1. The fourth-order valence-electron chi connectivity index (χ4n) is 3.13. The third kappa shape index (κ3) is 5.47. The predicted molar refractivity (Wildman–Crippen MR) is 115 cm³/mol. The highest BCUT2D eigenvalue weighted by atomic mass is 16.5. The molecule has 3 rings (SSSR count). The Kier molecular flexibility index (Phi) is 6.85. The number of rotatable bonds is 8. The number of hydrogen-bond donors (Lipinski definition) is 2. The van der Waals surface area contributed by atoms with Gasteiger partial charge in [-0.1, -0.05) is 18.2 Å². The molecule has 0 fully saturated rings. The van der Waals surface area contributed by atoms with E-state index in [0.29, 0.717) is 17.7 Å². The van der Waals surface area contributed by atoms with E-state index in [9.17, 15) is 14.4 Å². The number of carbonyl (C=O) groups is 3. The lowest BCUT2D eigenvalue weighted by Crippen LogP contribution is -2.22. The molecule has 0 aliphatic carbocycles. The highest BCUT2D eigenvalue weighted by Gasteiger charge is 2.11. The van der Waals surface area contributed by atoms with Gasteiger partial charge in [-0.3, -0.25) is 14.4 Å². The van der Waals surface area contributed by atoms with Gasteiger partial charge in [0.25, 0.3) is 11.8 Å². The minimum atomic E-state index is -0.424. The summed E-state index contributed by atoms with van der Waals surface area (Å²) in [5.74, 6) is -0.946. The van der Waals surface area contributed by atoms with Crippen LogP contribution in [-0.4, -0.2) is 48.4 Å². The SMILES string of the molecule is CN(C)C(=O)c1ccc(NC(=O)COC(=O)CCCc2c[nH]c3ccccc23)cc1. The second-order valence-electron chi connectivity index (χ2n) is 7.20. The van der Waals surface area contributed by atoms with Crippen molar-refractivity contribution in [1.29, 1.82) is 0 Å². The number of aromatic amines is 1. The molecule has 0 atom stereocenters. The first kappa shape index (κ1) is 21.1. The summed E-state index contributed by atoms with van der Waals surface area (Å²) >= 11 is 0. The number of hydrogen-bond acceptors (Lipinski definition) is 4. The van der Waals surface area contributed by atoms with E-state index in [4.69, 9.17) is 4.74 Å². The van der Waals surface area contributed by atoms with Crippen molar-refractivity contribution in [2.75, 3.05) is 26.0 Å². The zero-order chi connectivity index (χ0) is 21.5. The lowest BCUT2D eigenvalue weighted by molar-refractivity contribution is -0.147. The van der Waals surface area contributed by atoms with Crippen LogP contribution in [0, 0.1) is 0 Å². The van der Waals surface area contributed by atoms with Crippen molar-refractivity contribution in [2.45, 2.75) is 19.3 Å². The second kappa shape index (κ2) is 9.73. The average molecular weight is 407 g/mol. The van der Waals surface area contributed by atoms with Gasteiger partial charge in [0.2, 0.25) is 0 Å². The molecule has 1 heterocycles. The number of carbonyl (C=O) groups excluding carboxylic acids is 3. The molecule has 2 aromatic carbocycles. The first-order valence-corrected chi connectivity index (χ1v) is 9.76. The number of nitrogens with one attached hydrogen (secondary N) is 2. The van der Waals surface area contributed by atoms with E-state index in [-0.39, 0.29) is 18.9 Å². The number of fused-ring (bicyclic) bond motifs is 1. The molecule has 7 nitrogen and oxygen atoms in total. The molecule has 0 saturated carbocycles. The number of benzene rings is 2. The van der Waals surface area contributed by atoms with Gasteiger partial charge in [-0.25, -0.2) is 0 Å². The Morgan fingerprint density at radius 3 is 2.50 bits per heavy atom. The normalized spacial score (nSPS) is 10.6. The Labute approximate surface area is 175 Å². The molecule has 0 radical (unpaired) electrons. The number of para-hydroxylation sites is 1. The molecule has 0 saturated heterocycles. The quantitative estimate of drug-likeness (QED) is 0.560. The molecule has 2 amide bonds. The van der Waals surface area contributed by atoms with Gasteiger partial charge < -0.3 is 19.9 Å². The highest BCUT2D eigenvalue weighted by Crippen LogP contribution is 2.19. The lowest BCUT2D eigenvalue weighted by atomic mass is 10.1. The van der Waals surface area contributed by atoms with E-state index in [0.717, 1.165) is 22.9 Å². The van der Waals surface area contributed by atoms with E-state index >= 15 is 0 Å². The van der Waals surface area contributed by atoms with Crippen LogP contribution in [0.4, 0.5) is 5.69 Å². The fourth-order valence-corrected chi connectivity index (χ4v) is 3.13. The Morgan fingerprint density at radius 2 is 1.77 bits per heavy atom. The summed E-state index contributed by atoms with van der Waals surface area (Å²) < 4.78 is 5.06. The van der Waals surface area contributed by atoms with Crippen molar-refractivity contribution in [2.24, 2.45) is 0 Å². The zero-order valence-electron chi connectivity index (χ0n) is 17.1. The first-order chi connectivity index (χ1) is 14.4. The molecular formula is C23H25N3O4. The smallest absolute Gasteiger partial charge is 0.306 e. The summed E-state index contributed by atoms with van der Waals surface area (Å²) in [4.78, 5) is 40.5. The third-order valence-electron chi connectivity index (χ3n) is 4.69. The second-order valence-corrected chi connectivity index (χ2v) is 7.20. The Bertz CT molecular complexity index is 1040. The Balaban J connectivity index is 1.39. The molecule has 7 heteroatoms. The van der Waals surface area contributed by atoms with Gasteiger partial charge in [0, 0.05) is 48.9 Å². The Hall–Kier alpha value is -3.61. The average Bonchev–Trinajstić information content (AvgIpc) is 3.15. The maximum atomic E-state index is 12.0. The van der Waals surface area contributed by atoms with Crippen LogP contribution in [0.2, 0.25) is 0 Å². The highest BCUT2D eigenvalue weighted by molar-refractivity contribution is 5.96. The molecule has 30 heavy (non-hydrogen) atoms. The van der Waals surface area contributed by atoms with Crippen molar-refractivity contribution >= 4 is 34.4 Å². The maximum Gasteiger partial charge on any atom is 0.306 e. The first-order valence-electron chi connectivity index (χ1n) is 9.76. The molecule has 0 aliphatic rings. The molecule has 3 aromatic rings. The van der Waals surface area contributed by atoms with Gasteiger partial charge in [-0.15, -0.1) is 0 Å². The minimum absolute atomic E-state index is 0.116. The molecule has 0 bridgehead atoms. The lowest BCUT2D eigenvalue weighted by Gasteiger charge is -2.11. The molecular weight excluding hydrogens is 382 g/mol. The van der Waals surface area contributed by atoms with Crippen LogP contribution >= 0.6 is 0 Å². The number of nitrogens with zero attached hydrogens (tertiary/aromatic N) is 1. The van der Waals surface area contributed by atoms with Gasteiger partial charge in [0.15, 0.2) is 6.61 Å². The summed E-state index contributed by atoms with van der Waals surface area (Å²) in [6, 6.07) is 14.6. The van der Waals surface area contributed by atoms with Gasteiger partial charge in [0.1, 0.15) is 0 Å². The molecule has 1 aromatic heterocycles. The minimum Gasteiger partial charge on any atom is -0.456 e. The van der Waals surface area contributed by atoms with Gasteiger partial charge in [-0.2, -0.15) is 0 Å². The topological polar surface area (TPSA) is 91.5 Å². The molecule has 0 unspecified atom stereocenters. The summed E-state index contributed by atoms with van der Waals surface area (Å²) in [7, 11) is 3.35. The Morgan fingerprint density at radius 1 is 1.03 bits per heavy atom. The van der Waals surface area contributed by atoms with Crippen LogP contribution < -0.4 is 5.32 Å². The number of amides is 2. The van der Waals surface area contributed by atoms with E-state index in [2.05, 4.69) is 10.3 Å².